The standard InChI is InChI=1S/C12H14BrClFNO2/c1-18-7-6-16(5-4-13)12(17)10-3-2-9(15)8-11(10)14/h2-3,8H,4-7H2,1H3. The van der Waals surface area contributed by atoms with Crippen LogP contribution >= 0.6 is 27.5 Å². The first-order valence-corrected chi connectivity index (χ1v) is 6.89. The first kappa shape index (κ1) is 15.4. The van der Waals surface area contributed by atoms with Crippen LogP contribution in [-0.2, 0) is 4.74 Å². The van der Waals surface area contributed by atoms with Crippen LogP contribution in [0.15, 0.2) is 18.2 Å². The minimum absolute atomic E-state index is 0.122. The Labute approximate surface area is 119 Å². The van der Waals surface area contributed by atoms with E-state index in [1.54, 1.807) is 12.0 Å². The molecule has 1 rings (SSSR count). The van der Waals surface area contributed by atoms with Crippen LogP contribution < -0.4 is 0 Å². The summed E-state index contributed by atoms with van der Waals surface area (Å²) in [5.41, 5.74) is 0.301. The summed E-state index contributed by atoms with van der Waals surface area (Å²) < 4.78 is 17.9. The Kier molecular flexibility index (Phi) is 6.60. The minimum Gasteiger partial charge on any atom is -0.383 e. The first-order chi connectivity index (χ1) is 8.60. The van der Waals surface area contributed by atoms with E-state index in [-0.39, 0.29) is 10.9 Å². The largest absolute Gasteiger partial charge is 0.383 e. The highest BCUT2D eigenvalue weighted by atomic mass is 79.9. The number of rotatable bonds is 6. The molecule has 0 saturated heterocycles. The second-order valence-electron chi connectivity index (χ2n) is 3.60. The number of amides is 1. The lowest BCUT2D eigenvalue weighted by Crippen LogP contribution is -2.35. The Hall–Kier alpha value is -0.650. The number of carbonyl (C=O) groups excluding carboxylic acids is 1. The third-order valence-corrected chi connectivity index (χ3v) is 3.04. The fourth-order valence-corrected chi connectivity index (χ4v) is 2.13. The van der Waals surface area contributed by atoms with Gasteiger partial charge in [0.25, 0.3) is 5.91 Å². The number of alkyl halides is 1. The zero-order valence-corrected chi connectivity index (χ0v) is 12.3. The van der Waals surface area contributed by atoms with Crippen LogP contribution in [0.3, 0.4) is 0 Å². The van der Waals surface area contributed by atoms with E-state index in [2.05, 4.69) is 15.9 Å². The number of halogens is 3. The molecule has 0 bridgehead atoms. The number of methoxy groups -OCH3 is 1. The van der Waals surface area contributed by atoms with Crippen molar-refractivity contribution < 1.29 is 13.9 Å². The lowest BCUT2D eigenvalue weighted by molar-refractivity contribution is 0.0709. The molecule has 18 heavy (non-hydrogen) atoms. The number of carbonyl (C=O) groups is 1. The number of hydrogen-bond acceptors (Lipinski definition) is 2. The molecular weight excluding hydrogens is 324 g/mol. The fraction of sp³-hybridized carbons (Fsp3) is 0.417. The molecule has 3 nitrogen and oxygen atoms in total. The van der Waals surface area contributed by atoms with Crippen LogP contribution in [0.5, 0.6) is 0 Å². The van der Waals surface area contributed by atoms with Crippen LogP contribution in [0.25, 0.3) is 0 Å². The molecule has 0 radical (unpaired) electrons. The zero-order valence-electron chi connectivity index (χ0n) is 9.96. The monoisotopic (exact) mass is 337 g/mol. The Balaban J connectivity index is 2.87. The van der Waals surface area contributed by atoms with Crippen LogP contribution in [0.1, 0.15) is 10.4 Å². The van der Waals surface area contributed by atoms with E-state index < -0.39 is 5.82 Å². The van der Waals surface area contributed by atoms with Crippen molar-refractivity contribution in [3.63, 3.8) is 0 Å². The van der Waals surface area contributed by atoms with E-state index >= 15 is 0 Å². The summed E-state index contributed by atoms with van der Waals surface area (Å²) >= 11 is 9.16. The van der Waals surface area contributed by atoms with Gasteiger partial charge in [0.2, 0.25) is 0 Å². The summed E-state index contributed by atoms with van der Waals surface area (Å²) in [5, 5.41) is 0.776. The molecule has 0 N–H and O–H groups in total. The molecule has 1 aromatic carbocycles. The van der Waals surface area contributed by atoms with Crippen molar-refractivity contribution in [2.24, 2.45) is 0 Å². The number of benzene rings is 1. The predicted octanol–water partition coefficient (Wildman–Crippen LogP) is 2.96. The number of hydrogen-bond donors (Lipinski definition) is 0. The Bertz CT molecular complexity index is 417. The average molecular weight is 339 g/mol. The van der Waals surface area contributed by atoms with Gasteiger partial charge in [-0.25, -0.2) is 4.39 Å². The van der Waals surface area contributed by atoms with Gasteiger partial charge in [0.1, 0.15) is 5.82 Å². The van der Waals surface area contributed by atoms with E-state index in [0.29, 0.717) is 30.6 Å². The summed E-state index contributed by atoms with van der Waals surface area (Å²) in [6.45, 7) is 1.45. The Morgan fingerprint density at radius 3 is 2.78 bits per heavy atom. The Morgan fingerprint density at radius 1 is 1.50 bits per heavy atom. The van der Waals surface area contributed by atoms with Gasteiger partial charge in [-0.3, -0.25) is 4.79 Å². The molecule has 6 heteroatoms. The first-order valence-electron chi connectivity index (χ1n) is 5.39. The molecule has 0 aliphatic carbocycles. The molecule has 1 aromatic rings. The highest BCUT2D eigenvalue weighted by Gasteiger charge is 2.18. The van der Waals surface area contributed by atoms with Crippen molar-refractivity contribution in [2.45, 2.75) is 0 Å². The van der Waals surface area contributed by atoms with Gasteiger partial charge in [0, 0.05) is 25.5 Å². The maximum Gasteiger partial charge on any atom is 0.255 e. The van der Waals surface area contributed by atoms with E-state index in [1.165, 1.54) is 12.1 Å². The molecule has 100 valence electrons. The van der Waals surface area contributed by atoms with E-state index in [9.17, 15) is 9.18 Å². The molecule has 0 atom stereocenters. The summed E-state index contributed by atoms with van der Waals surface area (Å²) in [4.78, 5) is 13.8. The van der Waals surface area contributed by atoms with Gasteiger partial charge in [0.15, 0.2) is 0 Å². The molecule has 0 spiro atoms. The molecule has 0 heterocycles. The van der Waals surface area contributed by atoms with Crippen molar-refractivity contribution >= 4 is 33.4 Å². The molecule has 0 saturated carbocycles. The predicted molar refractivity (Wildman–Crippen MR) is 73.0 cm³/mol. The molecule has 0 aliphatic heterocycles. The normalized spacial score (nSPS) is 10.4. The second kappa shape index (κ2) is 7.71. The maximum absolute atomic E-state index is 12.9. The van der Waals surface area contributed by atoms with E-state index in [4.69, 9.17) is 16.3 Å². The summed E-state index contributed by atoms with van der Waals surface area (Å²) in [6, 6.07) is 3.76. The third kappa shape index (κ3) is 4.23. The SMILES string of the molecule is COCCN(CCBr)C(=O)c1ccc(F)cc1Cl. The van der Waals surface area contributed by atoms with Crippen molar-refractivity contribution in [1.82, 2.24) is 4.90 Å². The van der Waals surface area contributed by atoms with Crippen molar-refractivity contribution in [3.05, 3.63) is 34.6 Å². The van der Waals surface area contributed by atoms with Gasteiger partial charge in [-0.2, -0.15) is 0 Å². The van der Waals surface area contributed by atoms with Crippen molar-refractivity contribution in [3.8, 4) is 0 Å². The van der Waals surface area contributed by atoms with Crippen molar-refractivity contribution in [2.75, 3.05) is 32.1 Å². The van der Waals surface area contributed by atoms with Crippen LogP contribution in [0.4, 0.5) is 4.39 Å². The summed E-state index contributed by atoms with van der Waals surface area (Å²) in [6.07, 6.45) is 0. The molecule has 0 aromatic heterocycles. The maximum atomic E-state index is 12.9. The van der Waals surface area contributed by atoms with Gasteiger partial charge < -0.3 is 9.64 Å². The van der Waals surface area contributed by atoms with E-state index in [0.717, 1.165) is 6.07 Å². The number of nitrogens with zero attached hydrogens (tertiary/aromatic N) is 1. The highest BCUT2D eigenvalue weighted by Crippen LogP contribution is 2.19. The average Bonchev–Trinajstić information content (AvgIpc) is 2.33. The highest BCUT2D eigenvalue weighted by molar-refractivity contribution is 9.09. The van der Waals surface area contributed by atoms with Crippen LogP contribution in [0, 0.1) is 5.82 Å². The van der Waals surface area contributed by atoms with Gasteiger partial charge in [-0.05, 0) is 18.2 Å². The Morgan fingerprint density at radius 2 is 2.22 bits per heavy atom. The van der Waals surface area contributed by atoms with Crippen LogP contribution in [-0.4, -0.2) is 42.9 Å². The third-order valence-electron chi connectivity index (χ3n) is 2.37. The van der Waals surface area contributed by atoms with E-state index in [1.807, 2.05) is 0 Å². The van der Waals surface area contributed by atoms with Gasteiger partial charge in [0.05, 0.1) is 17.2 Å². The summed E-state index contributed by atoms with van der Waals surface area (Å²) in [5.74, 6) is -0.683. The summed E-state index contributed by atoms with van der Waals surface area (Å²) in [7, 11) is 1.57. The fourth-order valence-electron chi connectivity index (χ4n) is 1.45. The molecule has 1 amide bonds. The quantitative estimate of drug-likeness (QED) is 0.746. The number of ether oxygens (including phenoxy) is 1. The van der Waals surface area contributed by atoms with Crippen molar-refractivity contribution in [1.29, 1.82) is 0 Å². The van der Waals surface area contributed by atoms with Gasteiger partial charge in [-0.15, -0.1) is 0 Å². The smallest absolute Gasteiger partial charge is 0.255 e. The lowest BCUT2D eigenvalue weighted by atomic mass is 10.2. The topological polar surface area (TPSA) is 29.5 Å². The van der Waals surface area contributed by atoms with Crippen LogP contribution in [0.2, 0.25) is 5.02 Å². The lowest BCUT2D eigenvalue weighted by Gasteiger charge is -2.21. The molecule has 0 unspecified atom stereocenters. The second-order valence-corrected chi connectivity index (χ2v) is 4.80. The zero-order chi connectivity index (χ0) is 13.5. The molecular formula is C12H14BrClFNO2. The molecule has 0 aliphatic rings. The minimum atomic E-state index is -0.458. The van der Waals surface area contributed by atoms with Gasteiger partial charge in [-0.1, -0.05) is 27.5 Å². The van der Waals surface area contributed by atoms with Gasteiger partial charge >= 0.3 is 0 Å². The molecule has 0 fully saturated rings.